The van der Waals surface area contributed by atoms with Gasteiger partial charge in [-0.1, -0.05) is 31.5 Å². The van der Waals surface area contributed by atoms with Gasteiger partial charge in [-0.2, -0.15) is 4.31 Å². The molecule has 0 amide bonds. The predicted molar refractivity (Wildman–Crippen MR) is 89.0 cm³/mol. The normalized spacial score (nSPS) is 19.0. The van der Waals surface area contributed by atoms with Gasteiger partial charge in [0.15, 0.2) is 0 Å². The summed E-state index contributed by atoms with van der Waals surface area (Å²) in [5.74, 6) is 0.264. The van der Waals surface area contributed by atoms with E-state index in [1.807, 2.05) is 19.9 Å². The number of halogens is 2. The van der Waals surface area contributed by atoms with Crippen molar-refractivity contribution in [3.05, 3.63) is 28.8 Å². The monoisotopic (exact) mass is 352 g/mol. The first kappa shape index (κ1) is 18.7. The number of sulfonamides is 1. The minimum Gasteiger partial charge on any atom is -0.315 e. The molecule has 1 atom stereocenters. The average molecular weight is 353 g/mol. The van der Waals surface area contributed by atoms with Gasteiger partial charge in [0.05, 0.1) is 5.02 Å². The van der Waals surface area contributed by atoms with Gasteiger partial charge in [-0.25, -0.2) is 8.42 Å². The molecule has 1 aliphatic rings. The van der Waals surface area contributed by atoms with Crippen molar-refractivity contribution in [2.24, 2.45) is 0 Å². The van der Waals surface area contributed by atoms with Crippen LogP contribution in [0, 0.1) is 0 Å². The molecule has 1 aliphatic heterocycles. The molecular weight excluding hydrogens is 331 g/mol. The summed E-state index contributed by atoms with van der Waals surface area (Å²) < 4.78 is 26.9. The van der Waals surface area contributed by atoms with Gasteiger partial charge in [-0.05, 0) is 36.6 Å². The summed E-state index contributed by atoms with van der Waals surface area (Å²) in [5.41, 5.74) is 0.978. The number of benzene rings is 1. The molecule has 21 heavy (non-hydrogen) atoms. The Morgan fingerprint density at radius 3 is 2.57 bits per heavy atom. The highest BCUT2D eigenvalue weighted by Gasteiger charge is 2.31. The standard InChI is InChI=1S/C14H21ClN2O2S.ClH/c1-10(2)11-4-5-13(15)14(8-11)20(18,19)17(3)12-6-7-16-9-12;/h4-5,8,10,12,16H,6-7,9H2,1-3H3;1H. The minimum atomic E-state index is -3.55. The smallest absolute Gasteiger partial charge is 0.244 e. The number of likely N-dealkylation sites (N-methyl/N-ethyl adjacent to an activating group) is 1. The third-order valence-electron chi connectivity index (χ3n) is 3.83. The van der Waals surface area contributed by atoms with Crippen LogP contribution in [0.4, 0.5) is 0 Å². The maximum absolute atomic E-state index is 12.7. The number of hydrogen-bond acceptors (Lipinski definition) is 3. The zero-order valence-electron chi connectivity index (χ0n) is 12.5. The number of hydrogen-bond donors (Lipinski definition) is 1. The second-order valence-corrected chi connectivity index (χ2v) is 7.89. The topological polar surface area (TPSA) is 49.4 Å². The highest BCUT2D eigenvalue weighted by atomic mass is 35.5. The van der Waals surface area contributed by atoms with Crippen LogP contribution >= 0.6 is 24.0 Å². The molecule has 0 radical (unpaired) electrons. The van der Waals surface area contributed by atoms with Crippen molar-refractivity contribution in [3.63, 3.8) is 0 Å². The van der Waals surface area contributed by atoms with E-state index in [-0.39, 0.29) is 34.3 Å². The number of nitrogens with one attached hydrogen (secondary N) is 1. The van der Waals surface area contributed by atoms with E-state index < -0.39 is 10.0 Å². The van der Waals surface area contributed by atoms with Crippen molar-refractivity contribution in [2.45, 2.75) is 37.1 Å². The van der Waals surface area contributed by atoms with Crippen LogP contribution in [0.1, 0.15) is 31.7 Å². The lowest BCUT2D eigenvalue weighted by Crippen LogP contribution is -2.38. The van der Waals surface area contributed by atoms with Crippen molar-refractivity contribution in [1.82, 2.24) is 9.62 Å². The summed E-state index contributed by atoms with van der Waals surface area (Å²) in [5, 5.41) is 3.47. The molecule has 0 spiro atoms. The first-order valence-electron chi connectivity index (χ1n) is 6.82. The first-order chi connectivity index (χ1) is 9.34. The summed E-state index contributed by atoms with van der Waals surface area (Å²) in [7, 11) is -1.92. The van der Waals surface area contributed by atoms with Crippen molar-refractivity contribution < 1.29 is 8.42 Å². The highest BCUT2D eigenvalue weighted by Crippen LogP contribution is 2.29. The first-order valence-corrected chi connectivity index (χ1v) is 8.64. The van der Waals surface area contributed by atoms with Gasteiger partial charge in [-0.15, -0.1) is 12.4 Å². The second-order valence-electron chi connectivity index (χ2n) is 5.51. The third-order valence-corrected chi connectivity index (χ3v) is 6.22. The largest absolute Gasteiger partial charge is 0.315 e. The Hall–Kier alpha value is -0.330. The molecule has 7 heteroatoms. The van der Waals surface area contributed by atoms with Crippen molar-refractivity contribution in [3.8, 4) is 0 Å². The average Bonchev–Trinajstić information content (AvgIpc) is 2.91. The molecule has 1 aromatic rings. The Kier molecular flexibility index (Phi) is 6.50. The second kappa shape index (κ2) is 7.29. The summed E-state index contributed by atoms with van der Waals surface area (Å²) in [6.07, 6.45) is 0.831. The van der Waals surface area contributed by atoms with Crippen molar-refractivity contribution in [2.75, 3.05) is 20.1 Å². The molecule has 1 unspecified atom stereocenters. The predicted octanol–water partition coefficient (Wildman–Crippen LogP) is 2.87. The zero-order chi connectivity index (χ0) is 14.9. The van der Waals surface area contributed by atoms with Crippen LogP contribution in [0.5, 0.6) is 0 Å². The lowest BCUT2D eigenvalue weighted by Gasteiger charge is -2.24. The molecule has 1 saturated heterocycles. The lowest BCUT2D eigenvalue weighted by atomic mass is 10.0. The summed E-state index contributed by atoms with van der Waals surface area (Å²) >= 11 is 6.11. The maximum Gasteiger partial charge on any atom is 0.244 e. The number of nitrogens with zero attached hydrogens (tertiary/aromatic N) is 1. The fourth-order valence-corrected chi connectivity index (χ4v) is 4.27. The Balaban J connectivity index is 0.00000220. The van der Waals surface area contributed by atoms with Gasteiger partial charge in [0.2, 0.25) is 10.0 Å². The van der Waals surface area contributed by atoms with Crippen LogP contribution in [0.2, 0.25) is 5.02 Å². The fourth-order valence-electron chi connectivity index (χ4n) is 2.38. The van der Waals surface area contributed by atoms with Gasteiger partial charge in [-0.3, -0.25) is 0 Å². The van der Waals surface area contributed by atoms with Crippen molar-refractivity contribution >= 4 is 34.0 Å². The molecular formula is C14H22Cl2N2O2S. The summed E-state index contributed by atoms with van der Waals surface area (Å²) in [6, 6.07) is 5.24. The molecule has 0 aromatic heterocycles. The van der Waals surface area contributed by atoms with E-state index in [1.54, 1.807) is 19.2 Å². The highest BCUT2D eigenvalue weighted by molar-refractivity contribution is 7.89. The third kappa shape index (κ3) is 3.90. The fraction of sp³-hybridized carbons (Fsp3) is 0.571. The molecule has 0 bridgehead atoms. The molecule has 0 saturated carbocycles. The van der Waals surface area contributed by atoms with Gasteiger partial charge in [0.25, 0.3) is 0 Å². The van der Waals surface area contributed by atoms with E-state index in [0.717, 1.165) is 18.5 Å². The van der Waals surface area contributed by atoms with Gasteiger partial charge in [0, 0.05) is 19.6 Å². The molecule has 0 aliphatic carbocycles. The molecule has 2 rings (SSSR count). The Labute approximate surface area is 138 Å². The van der Waals surface area contributed by atoms with E-state index >= 15 is 0 Å². The molecule has 120 valence electrons. The molecule has 4 nitrogen and oxygen atoms in total. The van der Waals surface area contributed by atoms with Crippen LogP contribution in [-0.2, 0) is 10.0 Å². The van der Waals surface area contributed by atoms with E-state index in [9.17, 15) is 8.42 Å². The Bertz CT molecular complexity index is 585. The zero-order valence-corrected chi connectivity index (χ0v) is 14.9. The van der Waals surface area contributed by atoms with Gasteiger partial charge < -0.3 is 5.32 Å². The quantitative estimate of drug-likeness (QED) is 0.906. The summed E-state index contributed by atoms with van der Waals surface area (Å²) in [4.78, 5) is 0.208. The van der Waals surface area contributed by atoms with Crippen LogP contribution in [-0.4, -0.2) is 38.9 Å². The van der Waals surface area contributed by atoms with Crippen LogP contribution in [0.25, 0.3) is 0 Å². The maximum atomic E-state index is 12.7. The molecule has 1 aromatic carbocycles. The Morgan fingerprint density at radius 2 is 2.05 bits per heavy atom. The SMILES string of the molecule is CC(C)c1ccc(Cl)c(S(=O)(=O)N(C)C2CCNC2)c1.Cl. The molecule has 1 fully saturated rings. The molecule has 1 N–H and O–H groups in total. The van der Waals surface area contributed by atoms with E-state index in [1.165, 1.54) is 4.31 Å². The molecule has 1 heterocycles. The van der Waals surface area contributed by atoms with E-state index in [4.69, 9.17) is 11.6 Å². The minimum absolute atomic E-state index is 0. The van der Waals surface area contributed by atoms with Gasteiger partial charge >= 0.3 is 0 Å². The lowest BCUT2D eigenvalue weighted by molar-refractivity contribution is 0.387. The Morgan fingerprint density at radius 1 is 1.38 bits per heavy atom. The van der Waals surface area contributed by atoms with Crippen molar-refractivity contribution in [1.29, 1.82) is 0 Å². The summed E-state index contributed by atoms with van der Waals surface area (Å²) in [6.45, 7) is 5.61. The number of rotatable bonds is 4. The van der Waals surface area contributed by atoms with E-state index in [2.05, 4.69) is 5.32 Å². The van der Waals surface area contributed by atoms with E-state index in [0.29, 0.717) is 6.54 Å². The van der Waals surface area contributed by atoms with Gasteiger partial charge in [0.1, 0.15) is 4.90 Å². The van der Waals surface area contributed by atoms with Crippen LogP contribution in [0.3, 0.4) is 0 Å². The van der Waals surface area contributed by atoms with Crippen LogP contribution in [0.15, 0.2) is 23.1 Å². The van der Waals surface area contributed by atoms with Crippen LogP contribution < -0.4 is 5.32 Å².